The lowest BCUT2D eigenvalue weighted by Gasteiger charge is -2.34. The van der Waals surface area contributed by atoms with Gasteiger partial charge < -0.3 is 10.6 Å². The second kappa shape index (κ2) is 5.15. The Morgan fingerprint density at radius 3 is 2.82 bits per heavy atom. The Hall–Kier alpha value is -1.60. The molecule has 1 atom stereocenters. The molecule has 0 bridgehead atoms. The molecule has 2 N–H and O–H groups in total. The highest BCUT2D eigenvalue weighted by Crippen LogP contribution is 2.23. The fraction of sp³-hybridized carbons (Fsp3) is 0.538. The van der Waals surface area contributed by atoms with E-state index >= 15 is 0 Å². The molecule has 2 heterocycles. The van der Waals surface area contributed by atoms with Gasteiger partial charge in [0.1, 0.15) is 5.82 Å². The lowest BCUT2D eigenvalue weighted by Crippen LogP contribution is -2.40. The number of rotatable bonds is 2. The smallest absolute Gasteiger partial charge is 0.129 e. The first-order chi connectivity index (χ1) is 8.20. The van der Waals surface area contributed by atoms with E-state index in [0.717, 1.165) is 31.7 Å². The molecule has 1 aromatic heterocycles. The number of hydrogen-bond acceptors (Lipinski definition) is 4. The van der Waals surface area contributed by atoms with Gasteiger partial charge in [-0.25, -0.2) is 4.98 Å². The molecule has 0 saturated carbocycles. The number of piperidine rings is 1. The van der Waals surface area contributed by atoms with E-state index in [1.807, 2.05) is 6.07 Å². The van der Waals surface area contributed by atoms with Crippen molar-refractivity contribution in [3.63, 3.8) is 0 Å². The minimum Gasteiger partial charge on any atom is -0.357 e. The van der Waals surface area contributed by atoms with Crippen molar-refractivity contribution >= 4 is 5.82 Å². The summed E-state index contributed by atoms with van der Waals surface area (Å²) in [6.45, 7) is 4.04. The quantitative estimate of drug-likeness (QED) is 0.836. The molecule has 1 saturated heterocycles. The second-order valence-electron chi connectivity index (χ2n) is 4.70. The van der Waals surface area contributed by atoms with Crippen molar-refractivity contribution in [2.45, 2.75) is 25.8 Å². The standard InChI is InChI=1S/C13H18N4/c1-10(15)12-3-6-17(7-4-12)13-8-11(9-14)2-5-16-13/h2,5,8,10,12H,3-4,6-7,15H2,1H3. The fourth-order valence-corrected chi connectivity index (χ4v) is 2.32. The molecule has 0 aliphatic carbocycles. The Morgan fingerprint density at radius 2 is 2.24 bits per heavy atom. The fourth-order valence-electron chi connectivity index (χ4n) is 2.32. The summed E-state index contributed by atoms with van der Waals surface area (Å²) >= 11 is 0. The van der Waals surface area contributed by atoms with Crippen LogP contribution in [0.25, 0.3) is 0 Å². The van der Waals surface area contributed by atoms with Crippen molar-refractivity contribution in [1.29, 1.82) is 5.26 Å². The molecule has 1 aliphatic heterocycles. The highest BCUT2D eigenvalue weighted by molar-refractivity contribution is 5.45. The summed E-state index contributed by atoms with van der Waals surface area (Å²) in [4.78, 5) is 6.56. The molecule has 4 heteroatoms. The monoisotopic (exact) mass is 230 g/mol. The molecule has 17 heavy (non-hydrogen) atoms. The first-order valence-electron chi connectivity index (χ1n) is 6.07. The summed E-state index contributed by atoms with van der Waals surface area (Å²) in [5.74, 6) is 1.53. The van der Waals surface area contributed by atoms with Gasteiger partial charge >= 0.3 is 0 Å². The molecule has 4 nitrogen and oxygen atoms in total. The third kappa shape index (κ3) is 2.75. The van der Waals surface area contributed by atoms with E-state index in [0.29, 0.717) is 11.5 Å². The zero-order valence-corrected chi connectivity index (χ0v) is 10.1. The van der Waals surface area contributed by atoms with Crippen molar-refractivity contribution < 1.29 is 0 Å². The van der Waals surface area contributed by atoms with Gasteiger partial charge in [0.25, 0.3) is 0 Å². The molecule has 1 unspecified atom stereocenters. The topological polar surface area (TPSA) is 65.9 Å². The number of nitrogens with zero attached hydrogens (tertiary/aromatic N) is 3. The van der Waals surface area contributed by atoms with Crippen LogP contribution in [0, 0.1) is 17.2 Å². The Morgan fingerprint density at radius 1 is 1.53 bits per heavy atom. The number of aromatic nitrogens is 1. The molecule has 2 rings (SSSR count). The second-order valence-corrected chi connectivity index (χ2v) is 4.70. The van der Waals surface area contributed by atoms with E-state index in [-0.39, 0.29) is 6.04 Å². The predicted molar refractivity (Wildman–Crippen MR) is 67.5 cm³/mol. The number of pyridine rings is 1. The molecule has 0 spiro atoms. The van der Waals surface area contributed by atoms with Crippen LogP contribution in [0.5, 0.6) is 0 Å². The van der Waals surface area contributed by atoms with Crippen molar-refractivity contribution in [1.82, 2.24) is 4.98 Å². The molecular formula is C13H18N4. The average Bonchev–Trinajstić information content (AvgIpc) is 2.39. The summed E-state index contributed by atoms with van der Waals surface area (Å²) in [6, 6.07) is 6.01. The first kappa shape index (κ1) is 11.9. The molecule has 0 radical (unpaired) electrons. The van der Waals surface area contributed by atoms with Crippen LogP contribution in [0.15, 0.2) is 18.3 Å². The summed E-state index contributed by atoms with van der Waals surface area (Å²) in [6.07, 6.45) is 3.91. The van der Waals surface area contributed by atoms with Crippen LogP contribution in [0.3, 0.4) is 0 Å². The minimum atomic E-state index is 0.274. The number of anilines is 1. The summed E-state index contributed by atoms with van der Waals surface area (Å²) in [5, 5.41) is 8.86. The largest absolute Gasteiger partial charge is 0.357 e. The Bertz CT molecular complexity index is 414. The van der Waals surface area contributed by atoms with Gasteiger partial charge in [-0.3, -0.25) is 0 Å². The van der Waals surface area contributed by atoms with Gasteiger partial charge in [0.2, 0.25) is 0 Å². The van der Waals surface area contributed by atoms with Gasteiger partial charge in [-0.1, -0.05) is 0 Å². The van der Waals surface area contributed by atoms with Gasteiger partial charge in [0.15, 0.2) is 0 Å². The average molecular weight is 230 g/mol. The number of nitrogens with two attached hydrogens (primary N) is 1. The molecular weight excluding hydrogens is 212 g/mol. The SMILES string of the molecule is CC(N)C1CCN(c2cc(C#N)ccn2)CC1. The first-order valence-corrected chi connectivity index (χ1v) is 6.07. The lowest BCUT2D eigenvalue weighted by atomic mass is 9.91. The van der Waals surface area contributed by atoms with Crippen LogP contribution in [0.2, 0.25) is 0 Å². The van der Waals surface area contributed by atoms with Crippen LogP contribution in [0.1, 0.15) is 25.3 Å². The van der Waals surface area contributed by atoms with Crippen LogP contribution in [0.4, 0.5) is 5.82 Å². The summed E-state index contributed by atoms with van der Waals surface area (Å²) in [7, 11) is 0. The summed E-state index contributed by atoms with van der Waals surface area (Å²) in [5.41, 5.74) is 6.59. The van der Waals surface area contributed by atoms with E-state index < -0.39 is 0 Å². The maximum atomic E-state index is 8.86. The molecule has 0 amide bonds. The molecule has 1 fully saturated rings. The van der Waals surface area contributed by atoms with Crippen molar-refractivity contribution in [3.05, 3.63) is 23.9 Å². The van der Waals surface area contributed by atoms with Crippen LogP contribution < -0.4 is 10.6 Å². The van der Waals surface area contributed by atoms with E-state index in [2.05, 4.69) is 22.9 Å². The maximum Gasteiger partial charge on any atom is 0.129 e. The normalized spacial score (nSPS) is 18.8. The van der Waals surface area contributed by atoms with Crippen LogP contribution >= 0.6 is 0 Å². The number of hydrogen-bond donors (Lipinski definition) is 1. The number of nitriles is 1. The van der Waals surface area contributed by atoms with Gasteiger partial charge in [0.05, 0.1) is 11.6 Å². The molecule has 1 aromatic rings. The van der Waals surface area contributed by atoms with Crippen molar-refractivity contribution in [2.75, 3.05) is 18.0 Å². The van der Waals surface area contributed by atoms with Gasteiger partial charge in [-0.2, -0.15) is 5.26 Å². The summed E-state index contributed by atoms with van der Waals surface area (Å²) < 4.78 is 0. The highest BCUT2D eigenvalue weighted by Gasteiger charge is 2.22. The minimum absolute atomic E-state index is 0.274. The Balaban J connectivity index is 2.03. The van der Waals surface area contributed by atoms with Crippen molar-refractivity contribution in [3.8, 4) is 6.07 Å². The van der Waals surface area contributed by atoms with E-state index in [1.165, 1.54) is 0 Å². The van der Waals surface area contributed by atoms with E-state index in [4.69, 9.17) is 11.0 Å². The van der Waals surface area contributed by atoms with Crippen LogP contribution in [-0.4, -0.2) is 24.1 Å². The predicted octanol–water partition coefficient (Wildman–Crippen LogP) is 1.52. The Labute approximate surface area is 102 Å². The maximum absolute atomic E-state index is 8.86. The molecule has 1 aliphatic rings. The Kier molecular flexibility index (Phi) is 3.60. The third-order valence-electron chi connectivity index (χ3n) is 3.48. The third-order valence-corrected chi connectivity index (χ3v) is 3.48. The molecule has 0 aromatic carbocycles. The highest BCUT2D eigenvalue weighted by atomic mass is 15.2. The lowest BCUT2D eigenvalue weighted by molar-refractivity contribution is 0.353. The molecule has 90 valence electrons. The van der Waals surface area contributed by atoms with Gasteiger partial charge in [-0.15, -0.1) is 0 Å². The van der Waals surface area contributed by atoms with Crippen LogP contribution in [-0.2, 0) is 0 Å². The van der Waals surface area contributed by atoms with Crippen molar-refractivity contribution in [2.24, 2.45) is 11.7 Å². The zero-order valence-electron chi connectivity index (χ0n) is 10.1. The van der Waals surface area contributed by atoms with E-state index in [9.17, 15) is 0 Å². The zero-order chi connectivity index (χ0) is 12.3. The van der Waals surface area contributed by atoms with Gasteiger partial charge in [0, 0.05) is 25.3 Å². The van der Waals surface area contributed by atoms with E-state index in [1.54, 1.807) is 12.3 Å². The van der Waals surface area contributed by atoms with Gasteiger partial charge in [-0.05, 0) is 37.8 Å².